The number of hydrogen-bond donors (Lipinski definition) is 0. The van der Waals surface area contributed by atoms with Gasteiger partial charge in [0.15, 0.2) is 0 Å². The van der Waals surface area contributed by atoms with Gasteiger partial charge in [-0.2, -0.15) is 0 Å². The second-order valence-electron chi connectivity index (χ2n) is 4.34. The van der Waals surface area contributed by atoms with E-state index in [1.165, 1.54) is 4.90 Å². The third-order valence-corrected chi connectivity index (χ3v) is 2.72. The molecule has 0 N–H and O–H groups in total. The fourth-order valence-corrected chi connectivity index (χ4v) is 1.66. The van der Waals surface area contributed by atoms with Crippen molar-refractivity contribution in [3.05, 3.63) is 35.9 Å². The highest BCUT2D eigenvalue weighted by Gasteiger charge is 2.16. The maximum atomic E-state index is 12.0. The Morgan fingerprint density at radius 3 is 2.22 bits per heavy atom. The third kappa shape index (κ3) is 3.87. The molecule has 0 fully saturated rings. The Labute approximate surface area is 108 Å². The van der Waals surface area contributed by atoms with Crippen molar-refractivity contribution < 1.29 is 9.59 Å². The number of hydrogen-bond acceptors (Lipinski definition) is 2. The molecule has 0 unspecified atom stereocenters. The van der Waals surface area contributed by atoms with Gasteiger partial charge in [-0.25, -0.2) is 0 Å². The Morgan fingerprint density at radius 2 is 1.67 bits per heavy atom. The van der Waals surface area contributed by atoms with Gasteiger partial charge >= 0.3 is 0 Å². The molecule has 2 amide bonds. The van der Waals surface area contributed by atoms with Crippen molar-refractivity contribution in [1.82, 2.24) is 9.80 Å². The smallest absolute Gasteiger partial charge is 0.254 e. The van der Waals surface area contributed by atoms with Gasteiger partial charge in [0.1, 0.15) is 0 Å². The first-order chi connectivity index (χ1) is 8.56. The van der Waals surface area contributed by atoms with Crippen molar-refractivity contribution >= 4 is 11.8 Å². The highest BCUT2D eigenvalue weighted by Crippen LogP contribution is 2.03. The van der Waals surface area contributed by atoms with Gasteiger partial charge in [0.25, 0.3) is 5.91 Å². The minimum atomic E-state index is -0.131. The van der Waals surface area contributed by atoms with E-state index in [0.717, 1.165) is 6.42 Å². The normalized spacial score (nSPS) is 9.94. The first kappa shape index (κ1) is 14.2. The van der Waals surface area contributed by atoms with Crippen LogP contribution in [0.2, 0.25) is 0 Å². The SMILES string of the molecule is CCCN(C)C(=O)CN(C)C(=O)c1ccccc1. The molecule has 0 aromatic heterocycles. The van der Waals surface area contributed by atoms with Crippen LogP contribution in [-0.2, 0) is 4.79 Å². The van der Waals surface area contributed by atoms with Crippen molar-refractivity contribution in [3.63, 3.8) is 0 Å². The molecule has 18 heavy (non-hydrogen) atoms. The summed E-state index contributed by atoms with van der Waals surface area (Å²) < 4.78 is 0. The Morgan fingerprint density at radius 1 is 1.06 bits per heavy atom. The molecule has 0 heterocycles. The third-order valence-electron chi connectivity index (χ3n) is 2.72. The van der Waals surface area contributed by atoms with Gasteiger partial charge in [-0.1, -0.05) is 25.1 Å². The van der Waals surface area contributed by atoms with E-state index < -0.39 is 0 Å². The van der Waals surface area contributed by atoms with Gasteiger partial charge in [0, 0.05) is 26.2 Å². The predicted molar refractivity (Wildman–Crippen MR) is 71.3 cm³/mol. The molecule has 0 atom stereocenters. The van der Waals surface area contributed by atoms with Crippen molar-refractivity contribution in [2.45, 2.75) is 13.3 Å². The van der Waals surface area contributed by atoms with E-state index in [1.54, 1.807) is 31.1 Å². The number of rotatable bonds is 5. The Hall–Kier alpha value is -1.84. The van der Waals surface area contributed by atoms with Crippen LogP contribution in [0, 0.1) is 0 Å². The number of nitrogens with zero attached hydrogens (tertiary/aromatic N) is 2. The summed E-state index contributed by atoms with van der Waals surface area (Å²) in [7, 11) is 3.40. The van der Waals surface area contributed by atoms with E-state index in [2.05, 4.69) is 0 Å². The van der Waals surface area contributed by atoms with Crippen LogP contribution in [-0.4, -0.2) is 48.8 Å². The molecule has 0 spiro atoms. The lowest BCUT2D eigenvalue weighted by molar-refractivity contribution is -0.130. The first-order valence-corrected chi connectivity index (χ1v) is 6.10. The molecule has 4 heteroatoms. The van der Waals surface area contributed by atoms with Gasteiger partial charge in [-0.05, 0) is 18.6 Å². The molecule has 0 aliphatic carbocycles. The van der Waals surface area contributed by atoms with Crippen LogP contribution in [0.4, 0.5) is 0 Å². The van der Waals surface area contributed by atoms with Gasteiger partial charge < -0.3 is 9.80 Å². The maximum Gasteiger partial charge on any atom is 0.254 e. The summed E-state index contributed by atoms with van der Waals surface area (Å²) in [5, 5.41) is 0. The lowest BCUT2D eigenvalue weighted by Crippen LogP contribution is -2.39. The van der Waals surface area contributed by atoms with Crippen LogP contribution in [0.1, 0.15) is 23.7 Å². The van der Waals surface area contributed by atoms with Crippen LogP contribution < -0.4 is 0 Å². The molecule has 4 nitrogen and oxygen atoms in total. The van der Waals surface area contributed by atoms with Crippen LogP contribution in [0.15, 0.2) is 30.3 Å². The van der Waals surface area contributed by atoms with Gasteiger partial charge in [-0.15, -0.1) is 0 Å². The predicted octanol–water partition coefficient (Wildman–Crippen LogP) is 1.63. The number of carbonyl (C=O) groups excluding carboxylic acids is 2. The number of benzene rings is 1. The van der Waals surface area contributed by atoms with E-state index in [0.29, 0.717) is 12.1 Å². The van der Waals surface area contributed by atoms with Crippen molar-refractivity contribution in [2.75, 3.05) is 27.2 Å². The summed E-state index contributed by atoms with van der Waals surface area (Å²) in [6.07, 6.45) is 0.915. The van der Waals surface area contributed by atoms with Crippen LogP contribution >= 0.6 is 0 Å². The Bertz CT molecular complexity index is 404. The van der Waals surface area contributed by atoms with E-state index in [9.17, 15) is 9.59 Å². The summed E-state index contributed by atoms with van der Waals surface area (Å²) in [5.74, 6) is -0.169. The molecule has 0 bridgehead atoms. The first-order valence-electron chi connectivity index (χ1n) is 6.10. The lowest BCUT2D eigenvalue weighted by atomic mass is 10.2. The summed E-state index contributed by atoms with van der Waals surface area (Å²) >= 11 is 0. The molecular formula is C14H20N2O2. The molecule has 1 aromatic carbocycles. The minimum absolute atomic E-state index is 0.0383. The Kier molecular flexibility index (Phi) is 5.36. The molecular weight excluding hydrogens is 228 g/mol. The average Bonchev–Trinajstić information content (AvgIpc) is 2.39. The number of likely N-dealkylation sites (N-methyl/N-ethyl adjacent to an activating group) is 2. The summed E-state index contributed by atoms with van der Waals surface area (Å²) in [6.45, 7) is 2.85. The zero-order valence-corrected chi connectivity index (χ0v) is 11.2. The molecule has 1 rings (SSSR count). The van der Waals surface area contributed by atoms with E-state index in [-0.39, 0.29) is 18.4 Å². The standard InChI is InChI=1S/C14H20N2O2/c1-4-10-15(2)13(17)11-16(3)14(18)12-8-6-5-7-9-12/h5-9H,4,10-11H2,1-3H3. The quantitative estimate of drug-likeness (QED) is 0.794. The topological polar surface area (TPSA) is 40.6 Å². The Balaban J connectivity index is 2.58. The fraction of sp³-hybridized carbons (Fsp3) is 0.429. The average molecular weight is 248 g/mol. The van der Waals surface area contributed by atoms with E-state index in [4.69, 9.17) is 0 Å². The molecule has 98 valence electrons. The number of carbonyl (C=O) groups is 2. The number of amides is 2. The lowest BCUT2D eigenvalue weighted by Gasteiger charge is -2.21. The van der Waals surface area contributed by atoms with Gasteiger partial charge in [-0.3, -0.25) is 9.59 Å². The minimum Gasteiger partial charge on any atom is -0.344 e. The van der Waals surface area contributed by atoms with Crippen molar-refractivity contribution in [3.8, 4) is 0 Å². The van der Waals surface area contributed by atoms with Crippen molar-refractivity contribution in [2.24, 2.45) is 0 Å². The van der Waals surface area contributed by atoms with Crippen molar-refractivity contribution in [1.29, 1.82) is 0 Å². The fourth-order valence-electron chi connectivity index (χ4n) is 1.66. The second-order valence-corrected chi connectivity index (χ2v) is 4.34. The summed E-state index contributed by atoms with van der Waals surface area (Å²) in [5.41, 5.74) is 0.603. The largest absolute Gasteiger partial charge is 0.344 e. The zero-order valence-electron chi connectivity index (χ0n) is 11.2. The maximum absolute atomic E-state index is 12.0. The molecule has 1 aromatic rings. The summed E-state index contributed by atoms with van der Waals surface area (Å²) in [6, 6.07) is 8.98. The molecule has 0 aliphatic rings. The second kappa shape index (κ2) is 6.79. The molecule has 0 aliphatic heterocycles. The monoisotopic (exact) mass is 248 g/mol. The van der Waals surface area contributed by atoms with E-state index >= 15 is 0 Å². The van der Waals surface area contributed by atoms with Crippen LogP contribution in [0.3, 0.4) is 0 Å². The van der Waals surface area contributed by atoms with Crippen LogP contribution in [0.5, 0.6) is 0 Å². The summed E-state index contributed by atoms with van der Waals surface area (Å²) in [4.78, 5) is 26.9. The van der Waals surface area contributed by atoms with E-state index in [1.807, 2.05) is 25.1 Å². The highest BCUT2D eigenvalue weighted by molar-refractivity contribution is 5.96. The molecule has 0 saturated heterocycles. The molecule has 0 saturated carbocycles. The van der Waals surface area contributed by atoms with Gasteiger partial charge in [0.2, 0.25) is 5.91 Å². The van der Waals surface area contributed by atoms with Crippen LogP contribution in [0.25, 0.3) is 0 Å². The molecule has 0 radical (unpaired) electrons. The van der Waals surface area contributed by atoms with Gasteiger partial charge in [0.05, 0.1) is 6.54 Å². The zero-order chi connectivity index (χ0) is 13.5. The highest BCUT2D eigenvalue weighted by atomic mass is 16.2.